The Kier molecular flexibility index (Phi) is 4.14. The Hall–Kier alpha value is -0.570. The lowest BCUT2D eigenvalue weighted by atomic mass is 9.67. The molecule has 0 spiro atoms. The Bertz CT molecular complexity index is 218. The molecule has 87 valence electrons. The van der Waals surface area contributed by atoms with Gasteiger partial charge in [0.2, 0.25) is 5.91 Å². The van der Waals surface area contributed by atoms with Crippen molar-refractivity contribution >= 4 is 5.91 Å². The van der Waals surface area contributed by atoms with Gasteiger partial charge in [0, 0.05) is 18.5 Å². The summed E-state index contributed by atoms with van der Waals surface area (Å²) in [6, 6.07) is 0.292. The molecule has 0 unspecified atom stereocenters. The third-order valence-corrected chi connectivity index (χ3v) is 3.39. The molecule has 1 aliphatic rings. The molecule has 1 radical (unpaired) electrons. The van der Waals surface area contributed by atoms with E-state index in [2.05, 4.69) is 19.2 Å². The second kappa shape index (κ2) is 4.97. The van der Waals surface area contributed by atoms with Crippen LogP contribution in [0.4, 0.5) is 0 Å². The highest BCUT2D eigenvalue weighted by molar-refractivity contribution is 5.82. The first-order valence-corrected chi connectivity index (χ1v) is 5.77. The average molecular weight is 211 g/mol. The van der Waals surface area contributed by atoms with E-state index in [9.17, 15) is 4.79 Å². The molecule has 0 aromatic rings. The second-order valence-electron chi connectivity index (χ2n) is 5.08. The zero-order valence-electron chi connectivity index (χ0n) is 10.1. The Morgan fingerprint density at radius 3 is 2.33 bits per heavy atom. The molecule has 0 bridgehead atoms. The van der Waals surface area contributed by atoms with E-state index in [1.807, 2.05) is 0 Å². The van der Waals surface area contributed by atoms with Gasteiger partial charge in [0.15, 0.2) is 0 Å². The number of carbonyl (C=O) groups excluding carboxylic acids is 1. The largest absolute Gasteiger partial charge is 0.359 e. The lowest BCUT2D eigenvalue weighted by molar-refractivity contribution is -0.132. The lowest BCUT2D eigenvalue weighted by Gasteiger charge is -2.38. The van der Waals surface area contributed by atoms with Crippen molar-refractivity contribution in [1.29, 1.82) is 0 Å². The van der Waals surface area contributed by atoms with Gasteiger partial charge in [-0.2, -0.15) is 0 Å². The van der Waals surface area contributed by atoms with Crippen molar-refractivity contribution in [2.75, 3.05) is 7.05 Å². The van der Waals surface area contributed by atoms with Gasteiger partial charge in [0.1, 0.15) is 0 Å². The molecule has 0 saturated heterocycles. The zero-order valence-corrected chi connectivity index (χ0v) is 10.1. The molecule has 0 aromatic carbocycles. The summed E-state index contributed by atoms with van der Waals surface area (Å²) in [6.07, 6.45) is 4.71. The molecule has 15 heavy (non-hydrogen) atoms. The Morgan fingerprint density at radius 1 is 1.40 bits per heavy atom. The molecular weight excluding hydrogens is 188 g/mol. The molecule has 1 fully saturated rings. The minimum atomic E-state index is -0.177. The predicted molar refractivity (Wildman–Crippen MR) is 62.2 cm³/mol. The van der Waals surface area contributed by atoms with E-state index in [1.54, 1.807) is 7.05 Å². The van der Waals surface area contributed by atoms with E-state index >= 15 is 0 Å². The number of hydrogen-bond acceptors (Lipinski definition) is 2. The Morgan fingerprint density at radius 2 is 1.93 bits per heavy atom. The molecule has 0 aliphatic heterocycles. The third kappa shape index (κ3) is 2.94. The van der Waals surface area contributed by atoms with E-state index in [0.717, 1.165) is 32.1 Å². The van der Waals surface area contributed by atoms with Crippen LogP contribution in [0.2, 0.25) is 0 Å². The predicted octanol–water partition coefficient (Wildman–Crippen LogP) is 1.62. The van der Waals surface area contributed by atoms with Crippen LogP contribution in [0.15, 0.2) is 0 Å². The van der Waals surface area contributed by atoms with Gasteiger partial charge in [0.25, 0.3) is 0 Å². The van der Waals surface area contributed by atoms with Crippen LogP contribution >= 0.6 is 0 Å². The summed E-state index contributed by atoms with van der Waals surface area (Å²) in [5, 5.41) is 2.80. The van der Waals surface area contributed by atoms with Crippen molar-refractivity contribution in [3.05, 3.63) is 5.92 Å². The zero-order chi connectivity index (χ0) is 11.5. The van der Waals surface area contributed by atoms with Crippen LogP contribution < -0.4 is 11.1 Å². The number of nitrogens with one attached hydrogen (secondary N) is 1. The van der Waals surface area contributed by atoms with Crippen molar-refractivity contribution in [1.82, 2.24) is 5.32 Å². The fourth-order valence-electron chi connectivity index (χ4n) is 2.62. The van der Waals surface area contributed by atoms with Crippen LogP contribution in [0.3, 0.4) is 0 Å². The van der Waals surface area contributed by atoms with Gasteiger partial charge in [-0.05, 0) is 38.0 Å². The summed E-state index contributed by atoms with van der Waals surface area (Å²) in [5.74, 6) is 1.52. The molecule has 3 nitrogen and oxygen atoms in total. The van der Waals surface area contributed by atoms with Crippen LogP contribution in [0.25, 0.3) is 0 Å². The quantitative estimate of drug-likeness (QED) is 0.745. The molecule has 1 saturated carbocycles. The number of carbonyl (C=O) groups is 1. The van der Waals surface area contributed by atoms with Crippen molar-refractivity contribution in [3.8, 4) is 0 Å². The van der Waals surface area contributed by atoms with Crippen molar-refractivity contribution < 1.29 is 4.79 Å². The first-order valence-electron chi connectivity index (χ1n) is 5.77. The molecule has 1 rings (SSSR count). The van der Waals surface area contributed by atoms with E-state index < -0.39 is 0 Å². The maximum Gasteiger partial charge on any atom is 0.225 e. The molecule has 3 N–H and O–H groups in total. The van der Waals surface area contributed by atoms with Gasteiger partial charge in [-0.3, -0.25) is 4.79 Å². The summed E-state index contributed by atoms with van der Waals surface area (Å²) in [6.45, 7) is 4.19. The van der Waals surface area contributed by atoms with Crippen LogP contribution in [-0.4, -0.2) is 19.0 Å². The van der Waals surface area contributed by atoms with E-state index in [0.29, 0.717) is 6.04 Å². The topological polar surface area (TPSA) is 55.1 Å². The normalized spacial score (nSPS) is 31.7. The monoisotopic (exact) mass is 211 g/mol. The van der Waals surface area contributed by atoms with E-state index in [1.165, 1.54) is 5.92 Å². The van der Waals surface area contributed by atoms with Crippen molar-refractivity contribution in [2.24, 2.45) is 11.1 Å². The SMILES string of the molecule is CNC(=O)C1(C[C](C)C)CCC(N)CC1. The maximum absolute atomic E-state index is 12.0. The summed E-state index contributed by atoms with van der Waals surface area (Å²) >= 11 is 0. The van der Waals surface area contributed by atoms with E-state index in [-0.39, 0.29) is 11.3 Å². The third-order valence-electron chi connectivity index (χ3n) is 3.39. The van der Waals surface area contributed by atoms with Gasteiger partial charge >= 0.3 is 0 Å². The average Bonchev–Trinajstić information content (AvgIpc) is 2.20. The van der Waals surface area contributed by atoms with Crippen LogP contribution in [0.5, 0.6) is 0 Å². The molecule has 1 amide bonds. The first kappa shape index (κ1) is 12.5. The molecule has 0 atom stereocenters. The minimum Gasteiger partial charge on any atom is -0.359 e. The highest BCUT2D eigenvalue weighted by Crippen LogP contribution is 2.41. The maximum atomic E-state index is 12.0. The summed E-state index contributed by atoms with van der Waals surface area (Å²) < 4.78 is 0. The number of amides is 1. The van der Waals surface area contributed by atoms with Gasteiger partial charge in [-0.25, -0.2) is 0 Å². The minimum absolute atomic E-state index is 0.177. The highest BCUT2D eigenvalue weighted by atomic mass is 16.2. The van der Waals surface area contributed by atoms with Crippen molar-refractivity contribution in [2.45, 2.75) is 52.0 Å². The van der Waals surface area contributed by atoms with E-state index in [4.69, 9.17) is 5.73 Å². The van der Waals surface area contributed by atoms with Gasteiger partial charge in [-0.1, -0.05) is 13.8 Å². The summed E-state index contributed by atoms with van der Waals surface area (Å²) in [4.78, 5) is 12.0. The number of hydrogen-bond donors (Lipinski definition) is 2. The Balaban J connectivity index is 2.73. The van der Waals surface area contributed by atoms with Crippen molar-refractivity contribution in [3.63, 3.8) is 0 Å². The summed E-state index contributed by atoms with van der Waals surface area (Å²) in [7, 11) is 1.73. The Labute approximate surface area is 92.8 Å². The first-order chi connectivity index (χ1) is 7.00. The van der Waals surface area contributed by atoms with Crippen LogP contribution in [-0.2, 0) is 4.79 Å². The lowest BCUT2D eigenvalue weighted by Crippen LogP contribution is -2.45. The van der Waals surface area contributed by atoms with Gasteiger partial charge < -0.3 is 11.1 Å². The molecule has 0 aromatic heterocycles. The number of rotatable bonds is 3. The fraction of sp³-hybridized carbons (Fsp3) is 0.833. The number of nitrogens with two attached hydrogens (primary N) is 1. The van der Waals surface area contributed by atoms with Gasteiger partial charge in [0.05, 0.1) is 0 Å². The van der Waals surface area contributed by atoms with Crippen LogP contribution in [0.1, 0.15) is 46.0 Å². The van der Waals surface area contributed by atoms with Gasteiger partial charge in [-0.15, -0.1) is 0 Å². The molecule has 3 heteroatoms. The molecule has 1 aliphatic carbocycles. The smallest absolute Gasteiger partial charge is 0.225 e. The molecule has 0 heterocycles. The molecular formula is C12H23N2O. The fourth-order valence-corrected chi connectivity index (χ4v) is 2.62. The second-order valence-corrected chi connectivity index (χ2v) is 5.08. The van der Waals surface area contributed by atoms with Crippen LogP contribution in [0, 0.1) is 11.3 Å². The highest BCUT2D eigenvalue weighted by Gasteiger charge is 2.40. The summed E-state index contributed by atoms with van der Waals surface area (Å²) in [5.41, 5.74) is 5.71. The standard InChI is InChI=1S/C12H23N2O/c1-9(2)8-12(11(15)14-3)6-4-10(13)5-7-12/h10H,4-8,13H2,1-3H3,(H,14,15).